The maximum atomic E-state index is 12.3. The van der Waals surface area contributed by atoms with Crippen molar-refractivity contribution in [2.24, 2.45) is 4.99 Å². The number of halogens is 4. The molecule has 0 bridgehead atoms. The van der Waals surface area contributed by atoms with Crippen molar-refractivity contribution in [2.75, 3.05) is 19.7 Å². The Balaban J connectivity index is 0.00000392. The topological polar surface area (TPSA) is 58.5 Å². The Hall–Kier alpha value is -1.56. The largest absolute Gasteiger partial charge is 0.484 e. The summed E-state index contributed by atoms with van der Waals surface area (Å²) in [6.45, 7) is 4.40. The van der Waals surface area contributed by atoms with Crippen molar-refractivity contribution in [3.8, 4) is 5.75 Å². The molecule has 5 nitrogen and oxygen atoms in total. The summed E-state index contributed by atoms with van der Waals surface area (Å²) in [5, 5.41) is 7.44. The second kappa shape index (κ2) is 12.1. The van der Waals surface area contributed by atoms with Gasteiger partial charge < -0.3 is 15.4 Å². The Morgan fingerprint density at radius 3 is 2.71 bits per heavy atom. The predicted octanol–water partition coefficient (Wildman–Crippen LogP) is 4.31. The van der Waals surface area contributed by atoms with E-state index in [0.717, 1.165) is 17.0 Å². The highest BCUT2D eigenvalue weighted by Gasteiger charge is 2.28. The van der Waals surface area contributed by atoms with E-state index in [-0.39, 0.29) is 29.7 Å². The Kier molecular flexibility index (Phi) is 10.6. The third-order valence-electron chi connectivity index (χ3n) is 3.37. The lowest BCUT2D eigenvalue weighted by molar-refractivity contribution is -0.153. The molecule has 156 valence electrons. The zero-order valence-electron chi connectivity index (χ0n) is 15.7. The molecule has 0 unspecified atom stereocenters. The Morgan fingerprint density at radius 2 is 2.07 bits per heavy atom. The van der Waals surface area contributed by atoms with Gasteiger partial charge in [0, 0.05) is 30.6 Å². The first kappa shape index (κ1) is 24.5. The molecule has 0 saturated heterocycles. The van der Waals surface area contributed by atoms with Crippen LogP contribution in [0.15, 0.2) is 35.5 Å². The van der Waals surface area contributed by atoms with Gasteiger partial charge in [0.2, 0.25) is 0 Å². The zero-order valence-corrected chi connectivity index (χ0v) is 18.8. The van der Waals surface area contributed by atoms with Crippen LogP contribution in [-0.2, 0) is 13.0 Å². The van der Waals surface area contributed by atoms with Gasteiger partial charge in [-0.1, -0.05) is 12.1 Å². The molecular weight excluding hydrogens is 504 g/mol. The summed E-state index contributed by atoms with van der Waals surface area (Å²) >= 11 is 1.67. The van der Waals surface area contributed by atoms with Gasteiger partial charge in [-0.15, -0.1) is 35.3 Å². The number of nitrogens with zero attached hydrogens (tertiary/aromatic N) is 2. The van der Waals surface area contributed by atoms with E-state index in [1.54, 1.807) is 29.5 Å². The summed E-state index contributed by atoms with van der Waals surface area (Å²) in [6.07, 6.45) is -1.71. The second-order valence-corrected chi connectivity index (χ2v) is 7.11. The second-order valence-electron chi connectivity index (χ2n) is 5.79. The number of guanidine groups is 1. The molecule has 0 aliphatic heterocycles. The smallest absolute Gasteiger partial charge is 0.422 e. The fourth-order valence-electron chi connectivity index (χ4n) is 2.22. The molecule has 0 amide bonds. The van der Waals surface area contributed by atoms with Crippen LogP contribution in [0.25, 0.3) is 0 Å². The molecule has 0 aliphatic rings. The number of aliphatic imine (C=N–C) groups is 1. The number of alkyl halides is 3. The minimum atomic E-state index is -4.35. The van der Waals surface area contributed by atoms with E-state index in [1.807, 2.05) is 20.0 Å². The van der Waals surface area contributed by atoms with E-state index >= 15 is 0 Å². The molecule has 0 spiro atoms. The lowest BCUT2D eigenvalue weighted by Gasteiger charge is -2.11. The normalized spacial score (nSPS) is 11.7. The number of rotatable bonds is 8. The highest BCUT2D eigenvalue weighted by molar-refractivity contribution is 14.0. The Morgan fingerprint density at radius 1 is 1.29 bits per heavy atom. The molecule has 0 aliphatic carbocycles. The van der Waals surface area contributed by atoms with E-state index in [9.17, 15) is 13.2 Å². The minimum absolute atomic E-state index is 0. The average Bonchev–Trinajstić information content (AvgIpc) is 3.03. The summed E-state index contributed by atoms with van der Waals surface area (Å²) in [4.78, 5) is 9.97. The summed E-state index contributed by atoms with van der Waals surface area (Å²) in [5.74, 6) is 0.824. The molecule has 1 aromatic heterocycles. The van der Waals surface area contributed by atoms with Gasteiger partial charge in [0.05, 0.1) is 11.6 Å². The van der Waals surface area contributed by atoms with Crippen LogP contribution in [-0.4, -0.2) is 36.8 Å². The number of nitrogens with one attached hydrogen (secondary N) is 2. The molecule has 10 heteroatoms. The third kappa shape index (κ3) is 9.58. The lowest BCUT2D eigenvalue weighted by atomic mass is 10.2. The van der Waals surface area contributed by atoms with E-state index in [2.05, 4.69) is 20.6 Å². The fraction of sp³-hybridized carbons (Fsp3) is 0.444. The Labute approximate surface area is 183 Å². The van der Waals surface area contributed by atoms with Gasteiger partial charge in [0.15, 0.2) is 12.6 Å². The predicted molar refractivity (Wildman–Crippen MR) is 117 cm³/mol. The summed E-state index contributed by atoms with van der Waals surface area (Å²) in [6, 6.07) is 6.52. The molecule has 0 atom stereocenters. The summed E-state index contributed by atoms with van der Waals surface area (Å²) in [5.41, 5.74) is 0.766. The minimum Gasteiger partial charge on any atom is -0.484 e. The van der Waals surface area contributed by atoms with Gasteiger partial charge in [0.25, 0.3) is 0 Å². The highest BCUT2D eigenvalue weighted by atomic mass is 127. The molecule has 2 rings (SSSR count). The van der Waals surface area contributed by atoms with Crippen molar-refractivity contribution in [3.05, 3.63) is 45.9 Å². The first-order valence-corrected chi connectivity index (χ1v) is 9.39. The van der Waals surface area contributed by atoms with Gasteiger partial charge in [-0.2, -0.15) is 13.2 Å². The zero-order chi connectivity index (χ0) is 19.7. The highest BCUT2D eigenvalue weighted by Crippen LogP contribution is 2.19. The van der Waals surface area contributed by atoms with Gasteiger partial charge in [-0.25, -0.2) is 9.98 Å². The van der Waals surface area contributed by atoms with E-state index in [4.69, 9.17) is 4.74 Å². The van der Waals surface area contributed by atoms with E-state index in [0.29, 0.717) is 25.6 Å². The van der Waals surface area contributed by atoms with Gasteiger partial charge in [-0.05, 0) is 31.5 Å². The molecular formula is C18H24F3IN4OS. The van der Waals surface area contributed by atoms with E-state index in [1.165, 1.54) is 10.9 Å². The van der Waals surface area contributed by atoms with Crippen molar-refractivity contribution in [2.45, 2.75) is 33.0 Å². The number of thiazole rings is 1. The molecule has 0 saturated carbocycles. The third-order valence-corrected chi connectivity index (χ3v) is 4.34. The maximum absolute atomic E-state index is 12.3. The molecule has 0 fully saturated rings. The molecule has 2 aromatic rings. The summed E-state index contributed by atoms with van der Waals surface area (Å²) in [7, 11) is 0. The average molecular weight is 528 g/mol. The van der Waals surface area contributed by atoms with Gasteiger partial charge >= 0.3 is 6.18 Å². The first-order valence-electron chi connectivity index (χ1n) is 8.57. The number of hydrogen-bond acceptors (Lipinski definition) is 4. The van der Waals surface area contributed by atoms with Crippen LogP contribution in [0, 0.1) is 6.92 Å². The van der Waals surface area contributed by atoms with Crippen LogP contribution in [0.4, 0.5) is 13.2 Å². The number of aromatic nitrogens is 1. The van der Waals surface area contributed by atoms with Crippen molar-refractivity contribution in [3.63, 3.8) is 0 Å². The quantitative estimate of drug-likeness (QED) is 0.305. The van der Waals surface area contributed by atoms with Crippen molar-refractivity contribution in [1.29, 1.82) is 0 Å². The lowest BCUT2D eigenvalue weighted by Crippen LogP contribution is -2.38. The molecule has 28 heavy (non-hydrogen) atoms. The maximum Gasteiger partial charge on any atom is 0.422 e. The monoisotopic (exact) mass is 528 g/mol. The van der Waals surface area contributed by atoms with Crippen LogP contribution in [0.5, 0.6) is 5.75 Å². The van der Waals surface area contributed by atoms with Crippen LogP contribution in [0.2, 0.25) is 0 Å². The number of benzene rings is 1. The number of ether oxygens (including phenoxy) is 1. The van der Waals surface area contributed by atoms with Gasteiger partial charge in [-0.3, -0.25) is 0 Å². The van der Waals surface area contributed by atoms with E-state index < -0.39 is 12.8 Å². The molecule has 1 aromatic carbocycles. The number of hydrogen-bond donors (Lipinski definition) is 2. The SMILES string of the molecule is CCNC(=NCc1cccc(OCC(F)(F)F)c1)NCCc1ncc(C)s1.I. The molecule has 0 radical (unpaired) electrons. The summed E-state index contributed by atoms with van der Waals surface area (Å²) < 4.78 is 41.5. The van der Waals surface area contributed by atoms with Crippen LogP contribution < -0.4 is 15.4 Å². The molecule has 1 heterocycles. The number of aryl methyl sites for hydroxylation is 1. The van der Waals surface area contributed by atoms with Crippen LogP contribution in [0.3, 0.4) is 0 Å². The van der Waals surface area contributed by atoms with Gasteiger partial charge in [0.1, 0.15) is 5.75 Å². The standard InChI is InChI=1S/C18H23F3N4OS.HI/c1-3-22-17(23-8-7-16-24-10-13(2)27-16)25-11-14-5-4-6-15(9-14)26-12-18(19,20)21;/h4-6,9-10H,3,7-8,11-12H2,1-2H3,(H2,22,23,25);1H. The Bertz CT molecular complexity index is 752. The van der Waals surface area contributed by atoms with Crippen molar-refractivity contribution >= 4 is 41.3 Å². The van der Waals surface area contributed by atoms with Crippen LogP contribution >= 0.6 is 35.3 Å². The molecule has 2 N–H and O–H groups in total. The van der Waals surface area contributed by atoms with Crippen molar-refractivity contribution in [1.82, 2.24) is 15.6 Å². The van der Waals surface area contributed by atoms with Crippen molar-refractivity contribution < 1.29 is 17.9 Å². The van der Waals surface area contributed by atoms with Crippen LogP contribution in [0.1, 0.15) is 22.4 Å². The fourth-order valence-corrected chi connectivity index (χ4v) is 3.00. The first-order chi connectivity index (χ1) is 12.9.